The van der Waals surface area contributed by atoms with Crippen LogP contribution in [0.2, 0.25) is 0 Å². The molecule has 0 aromatic heterocycles. The molecule has 0 radical (unpaired) electrons. The minimum atomic E-state index is -0.426. The van der Waals surface area contributed by atoms with E-state index in [-0.39, 0.29) is 16.9 Å². The Morgan fingerprint density at radius 2 is 2.20 bits per heavy atom. The monoisotopic (exact) mass is 208 g/mol. The van der Waals surface area contributed by atoms with Gasteiger partial charge in [-0.15, -0.1) is 0 Å². The average Bonchev–Trinajstić information content (AvgIpc) is 2.97. The number of hydrogen-bond acceptors (Lipinski definition) is 4. The fourth-order valence-corrected chi connectivity index (χ4v) is 1.84. The van der Waals surface area contributed by atoms with E-state index in [9.17, 15) is 15.2 Å². The van der Waals surface area contributed by atoms with E-state index >= 15 is 0 Å². The summed E-state index contributed by atoms with van der Waals surface area (Å²) in [5.41, 5.74) is 5.96. The molecule has 0 heterocycles. The van der Waals surface area contributed by atoms with Crippen molar-refractivity contribution in [3.8, 4) is 5.75 Å². The van der Waals surface area contributed by atoms with E-state index < -0.39 is 4.92 Å². The quantitative estimate of drug-likeness (QED) is 0.578. The van der Waals surface area contributed by atoms with E-state index in [1.54, 1.807) is 0 Å². The smallest absolute Gasteiger partial charge is 0.273 e. The van der Waals surface area contributed by atoms with E-state index in [1.165, 1.54) is 18.2 Å². The summed E-state index contributed by atoms with van der Waals surface area (Å²) in [6, 6.07) is 4.12. The van der Waals surface area contributed by atoms with E-state index in [4.69, 9.17) is 5.73 Å². The van der Waals surface area contributed by atoms with Gasteiger partial charge in [0.2, 0.25) is 0 Å². The summed E-state index contributed by atoms with van der Waals surface area (Å²) in [6.07, 6.45) is 1.71. The third-order valence-electron chi connectivity index (χ3n) is 2.99. The first-order valence-electron chi connectivity index (χ1n) is 4.77. The highest BCUT2D eigenvalue weighted by Crippen LogP contribution is 2.50. The van der Waals surface area contributed by atoms with Crippen LogP contribution in [-0.2, 0) is 5.41 Å². The number of hydrogen-bond donors (Lipinski definition) is 2. The van der Waals surface area contributed by atoms with Gasteiger partial charge in [0.1, 0.15) is 5.75 Å². The molecule has 0 amide bonds. The maximum absolute atomic E-state index is 10.8. The SMILES string of the molecule is NCC1(c2cc(O)ccc2[N+](=O)[O-])CC1. The number of nitrogens with two attached hydrogens (primary N) is 1. The van der Waals surface area contributed by atoms with Gasteiger partial charge in [-0.25, -0.2) is 0 Å². The van der Waals surface area contributed by atoms with E-state index in [0.717, 1.165) is 12.8 Å². The van der Waals surface area contributed by atoms with Crippen molar-refractivity contribution in [3.05, 3.63) is 33.9 Å². The minimum absolute atomic E-state index is 0.0512. The van der Waals surface area contributed by atoms with Crippen LogP contribution >= 0.6 is 0 Å². The average molecular weight is 208 g/mol. The molecule has 0 aliphatic heterocycles. The predicted octanol–water partition coefficient (Wildman–Crippen LogP) is 1.29. The van der Waals surface area contributed by atoms with E-state index in [1.807, 2.05) is 0 Å². The van der Waals surface area contributed by atoms with Gasteiger partial charge in [0.15, 0.2) is 0 Å². The van der Waals surface area contributed by atoms with Crippen LogP contribution in [0, 0.1) is 10.1 Å². The molecule has 0 unspecified atom stereocenters. The lowest BCUT2D eigenvalue weighted by molar-refractivity contribution is -0.385. The number of aromatic hydroxyl groups is 1. The highest BCUT2D eigenvalue weighted by Gasteiger charge is 2.47. The van der Waals surface area contributed by atoms with Crippen molar-refractivity contribution in [2.24, 2.45) is 5.73 Å². The number of rotatable bonds is 3. The first kappa shape index (κ1) is 9.92. The zero-order valence-corrected chi connectivity index (χ0v) is 8.14. The Labute approximate surface area is 86.7 Å². The first-order chi connectivity index (χ1) is 7.09. The van der Waals surface area contributed by atoms with Crippen LogP contribution in [0.3, 0.4) is 0 Å². The van der Waals surface area contributed by atoms with Gasteiger partial charge in [-0.2, -0.15) is 0 Å². The molecule has 0 spiro atoms. The van der Waals surface area contributed by atoms with Gasteiger partial charge in [-0.1, -0.05) is 0 Å². The van der Waals surface area contributed by atoms with Gasteiger partial charge in [-0.05, 0) is 25.0 Å². The van der Waals surface area contributed by atoms with Crippen LogP contribution in [0.25, 0.3) is 0 Å². The number of benzene rings is 1. The molecule has 1 aliphatic carbocycles. The lowest BCUT2D eigenvalue weighted by Crippen LogP contribution is -2.20. The van der Waals surface area contributed by atoms with Crippen molar-refractivity contribution in [1.82, 2.24) is 0 Å². The van der Waals surface area contributed by atoms with Crippen molar-refractivity contribution in [2.75, 3.05) is 6.54 Å². The molecule has 1 aromatic carbocycles. The van der Waals surface area contributed by atoms with Crippen molar-refractivity contribution >= 4 is 5.69 Å². The van der Waals surface area contributed by atoms with Crippen molar-refractivity contribution in [3.63, 3.8) is 0 Å². The fraction of sp³-hybridized carbons (Fsp3) is 0.400. The van der Waals surface area contributed by atoms with Gasteiger partial charge < -0.3 is 10.8 Å². The number of nitrogens with zero attached hydrogens (tertiary/aromatic N) is 1. The number of nitro groups is 1. The molecule has 5 heteroatoms. The molecule has 3 N–H and O–H groups in total. The Hall–Kier alpha value is -1.62. The minimum Gasteiger partial charge on any atom is -0.508 e. The van der Waals surface area contributed by atoms with Crippen LogP contribution in [-0.4, -0.2) is 16.6 Å². The molecule has 0 saturated heterocycles. The predicted molar refractivity (Wildman–Crippen MR) is 54.7 cm³/mol. The summed E-state index contributed by atoms with van der Waals surface area (Å²) in [7, 11) is 0. The van der Waals surface area contributed by atoms with Crippen LogP contribution in [0.15, 0.2) is 18.2 Å². The second-order valence-corrected chi connectivity index (χ2v) is 3.94. The zero-order valence-electron chi connectivity index (χ0n) is 8.14. The molecule has 0 atom stereocenters. The number of phenolic OH excluding ortho intramolecular Hbond substituents is 1. The van der Waals surface area contributed by atoms with Gasteiger partial charge >= 0.3 is 0 Å². The second kappa shape index (κ2) is 3.20. The lowest BCUT2D eigenvalue weighted by atomic mass is 9.94. The Morgan fingerprint density at radius 1 is 1.53 bits per heavy atom. The van der Waals surface area contributed by atoms with Crippen LogP contribution in [0.4, 0.5) is 5.69 Å². The number of nitro benzene ring substituents is 1. The Bertz CT molecular complexity index is 413. The summed E-state index contributed by atoms with van der Waals surface area (Å²) in [6.45, 7) is 0.386. The molecule has 1 aromatic rings. The number of phenols is 1. The second-order valence-electron chi connectivity index (χ2n) is 3.94. The maximum atomic E-state index is 10.8. The maximum Gasteiger partial charge on any atom is 0.273 e. The molecular formula is C10H12N2O3. The molecule has 2 rings (SSSR count). The van der Waals surface area contributed by atoms with Gasteiger partial charge in [0.25, 0.3) is 5.69 Å². The van der Waals surface area contributed by atoms with Crippen molar-refractivity contribution in [2.45, 2.75) is 18.3 Å². The molecular weight excluding hydrogens is 196 g/mol. The van der Waals surface area contributed by atoms with Crippen molar-refractivity contribution in [1.29, 1.82) is 0 Å². The summed E-state index contributed by atoms with van der Waals surface area (Å²) >= 11 is 0. The molecule has 80 valence electrons. The highest BCUT2D eigenvalue weighted by atomic mass is 16.6. The molecule has 0 bridgehead atoms. The lowest BCUT2D eigenvalue weighted by Gasteiger charge is -2.12. The summed E-state index contributed by atoms with van der Waals surface area (Å²) in [4.78, 5) is 10.4. The van der Waals surface area contributed by atoms with Crippen LogP contribution < -0.4 is 5.73 Å². The zero-order chi connectivity index (χ0) is 11.1. The summed E-state index contributed by atoms with van der Waals surface area (Å²) in [5, 5.41) is 20.1. The van der Waals surface area contributed by atoms with Crippen molar-refractivity contribution < 1.29 is 10.0 Å². The normalized spacial score (nSPS) is 17.4. The van der Waals surface area contributed by atoms with Gasteiger partial charge in [0, 0.05) is 23.6 Å². The molecule has 5 nitrogen and oxygen atoms in total. The third-order valence-corrected chi connectivity index (χ3v) is 2.99. The van der Waals surface area contributed by atoms with E-state index in [0.29, 0.717) is 12.1 Å². The topological polar surface area (TPSA) is 89.4 Å². The molecule has 1 fully saturated rings. The largest absolute Gasteiger partial charge is 0.508 e. The Balaban J connectivity index is 2.53. The summed E-state index contributed by atoms with van der Waals surface area (Å²) in [5.74, 6) is 0.0512. The summed E-state index contributed by atoms with van der Waals surface area (Å²) < 4.78 is 0. The van der Waals surface area contributed by atoms with E-state index in [2.05, 4.69) is 0 Å². The standard InChI is InChI=1S/C10H12N2O3/c11-6-10(3-4-10)8-5-7(13)1-2-9(8)12(14)15/h1-2,5,13H,3-4,6,11H2. The fourth-order valence-electron chi connectivity index (χ4n) is 1.84. The third kappa shape index (κ3) is 1.55. The molecule has 1 saturated carbocycles. The highest BCUT2D eigenvalue weighted by molar-refractivity contribution is 5.51. The van der Waals surface area contributed by atoms with Crippen LogP contribution in [0.1, 0.15) is 18.4 Å². The van der Waals surface area contributed by atoms with Crippen LogP contribution in [0.5, 0.6) is 5.75 Å². The molecule has 15 heavy (non-hydrogen) atoms. The first-order valence-corrected chi connectivity index (χ1v) is 4.77. The van der Waals surface area contributed by atoms with Gasteiger partial charge in [0.05, 0.1) is 4.92 Å². The Morgan fingerprint density at radius 3 is 2.67 bits per heavy atom. The Kier molecular flexibility index (Phi) is 2.12. The van der Waals surface area contributed by atoms with Gasteiger partial charge in [-0.3, -0.25) is 10.1 Å². The molecule has 1 aliphatic rings.